The summed E-state index contributed by atoms with van der Waals surface area (Å²) in [5, 5.41) is 0. The van der Waals surface area contributed by atoms with Crippen molar-refractivity contribution in [3.63, 3.8) is 0 Å². The Morgan fingerprint density at radius 3 is 0.700 bits per heavy atom. The lowest BCUT2D eigenvalue weighted by Crippen LogP contribution is -2.30. The number of esters is 3. The third-order valence-corrected chi connectivity index (χ3v) is 16.4. The third kappa shape index (κ3) is 66.4. The summed E-state index contributed by atoms with van der Waals surface area (Å²) in [6.07, 6.45) is 86.1. The molecule has 6 heteroatoms. The first-order chi connectivity index (χ1) is 39.5. The lowest BCUT2D eigenvalue weighted by molar-refractivity contribution is -0.167. The maximum atomic E-state index is 12.9. The van der Waals surface area contributed by atoms with Gasteiger partial charge < -0.3 is 14.2 Å². The Hall–Kier alpha value is -2.37. The van der Waals surface area contributed by atoms with Gasteiger partial charge in [-0.1, -0.05) is 359 Å². The molecule has 0 N–H and O–H groups in total. The van der Waals surface area contributed by atoms with Crippen LogP contribution in [0.3, 0.4) is 0 Å². The third-order valence-electron chi connectivity index (χ3n) is 16.4. The van der Waals surface area contributed by atoms with Gasteiger partial charge in [0.2, 0.25) is 0 Å². The SMILES string of the molecule is CCCCCCC/C=C\C/C=C\C/C=C\CCCCCCCCCCCCCCC(=O)OCC(COC(=O)CCCCCCCCCCCCC)OC(=O)CCCCCCCCCCCCCCCCCCCCCCCCCC. The van der Waals surface area contributed by atoms with Crippen molar-refractivity contribution < 1.29 is 28.6 Å². The second kappa shape index (κ2) is 69.1. The number of carbonyl (C=O) groups is 3. The molecule has 0 radical (unpaired) electrons. The van der Waals surface area contributed by atoms with Crippen LogP contribution in [-0.4, -0.2) is 37.2 Å². The minimum atomic E-state index is -0.769. The van der Waals surface area contributed by atoms with Gasteiger partial charge in [-0.2, -0.15) is 0 Å². The number of allylic oxidation sites excluding steroid dienone is 6. The number of hydrogen-bond acceptors (Lipinski definition) is 6. The molecule has 0 aliphatic heterocycles. The largest absolute Gasteiger partial charge is 0.462 e. The van der Waals surface area contributed by atoms with E-state index in [1.54, 1.807) is 0 Å². The van der Waals surface area contributed by atoms with E-state index in [0.29, 0.717) is 19.3 Å². The molecule has 0 aliphatic rings. The minimum absolute atomic E-state index is 0.0662. The summed E-state index contributed by atoms with van der Waals surface area (Å²) >= 11 is 0. The molecule has 470 valence electrons. The minimum Gasteiger partial charge on any atom is -0.462 e. The van der Waals surface area contributed by atoms with Crippen molar-refractivity contribution in [2.24, 2.45) is 0 Å². The Kier molecular flexibility index (Phi) is 67.1. The average Bonchev–Trinajstić information content (AvgIpc) is 3.46. The van der Waals surface area contributed by atoms with E-state index in [-0.39, 0.29) is 31.1 Å². The van der Waals surface area contributed by atoms with Crippen molar-refractivity contribution in [3.05, 3.63) is 36.5 Å². The van der Waals surface area contributed by atoms with Crippen LogP contribution in [0.2, 0.25) is 0 Å². The fourth-order valence-corrected chi connectivity index (χ4v) is 11.0. The molecule has 1 unspecified atom stereocenters. The maximum Gasteiger partial charge on any atom is 0.306 e. The Balaban J connectivity index is 4.17. The van der Waals surface area contributed by atoms with E-state index in [0.717, 1.165) is 70.6 Å². The van der Waals surface area contributed by atoms with Crippen LogP contribution in [0.5, 0.6) is 0 Å². The molecule has 0 aromatic carbocycles. The fourth-order valence-electron chi connectivity index (χ4n) is 11.0. The van der Waals surface area contributed by atoms with Gasteiger partial charge in [-0.25, -0.2) is 0 Å². The van der Waals surface area contributed by atoms with Gasteiger partial charge in [-0.05, 0) is 57.8 Å². The molecule has 0 spiro atoms. The van der Waals surface area contributed by atoms with Crippen molar-refractivity contribution in [3.8, 4) is 0 Å². The van der Waals surface area contributed by atoms with Crippen molar-refractivity contribution in [2.45, 2.75) is 406 Å². The monoisotopic (exact) mass is 1120 g/mol. The second-order valence-corrected chi connectivity index (χ2v) is 24.5. The predicted octanol–water partition coefficient (Wildman–Crippen LogP) is 24.7. The Labute approximate surface area is 499 Å². The number of unbranched alkanes of at least 4 members (excludes halogenated alkanes) is 50. The van der Waals surface area contributed by atoms with Gasteiger partial charge in [-0.15, -0.1) is 0 Å². The first-order valence-electron chi connectivity index (χ1n) is 36.0. The average molecular weight is 1120 g/mol. The van der Waals surface area contributed by atoms with E-state index in [1.165, 1.54) is 289 Å². The highest BCUT2D eigenvalue weighted by molar-refractivity contribution is 5.71. The van der Waals surface area contributed by atoms with Crippen molar-refractivity contribution >= 4 is 17.9 Å². The molecule has 80 heavy (non-hydrogen) atoms. The van der Waals surface area contributed by atoms with Crippen LogP contribution in [0.1, 0.15) is 400 Å². The summed E-state index contributed by atoms with van der Waals surface area (Å²) < 4.78 is 17.0. The Bertz CT molecular complexity index is 1340. The molecule has 0 aliphatic carbocycles. The lowest BCUT2D eigenvalue weighted by atomic mass is 10.0. The molecule has 0 bridgehead atoms. The molecule has 0 saturated heterocycles. The normalized spacial score (nSPS) is 12.2. The van der Waals surface area contributed by atoms with E-state index in [2.05, 4.69) is 57.2 Å². The standard InChI is InChI=1S/C74H138O6/c1-4-7-10-13-16-19-22-24-26-28-30-32-34-36-37-38-40-41-43-45-47-49-52-55-58-61-64-67-73(76)79-70-71(69-78-72(75)66-63-60-57-54-51-21-18-15-12-9-6-3)80-74(77)68-65-62-59-56-53-50-48-46-44-42-39-35-33-31-29-27-25-23-20-17-14-11-8-5-2/h22,24,28,30,34,36,71H,4-21,23,25-27,29,31-33,35,37-70H2,1-3H3/b24-22-,30-28-,36-34-. The molecule has 0 amide bonds. The molecule has 0 fully saturated rings. The van der Waals surface area contributed by atoms with Crippen LogP contribution in [0, 0.1) is 0 Å². The molecule has 0 aromatic heterocycles. The van der Waals surface area contributed by atoms with Crippen molar-refractivity contribution in [1.82, 2.24) is 0 Å². The predicted molar refractivity (Wildman–Crippen MR) is 349 cm³/mol. The van der Waals surface area contributed by atoms with Gasteiger partial charge in [0.25, 0.3) is 0 Å². The van der Waals surface area contributed by atoms with Crippen molar-refractivity contribution in [2.75, 3.05) is 13.2 Å². The summed E-state index contributed by atoms with van der Waals surface area (Å²) in [7, 11) is 0. The molecule has 1 atom stereocenters. The molecular formula is C74H138O6. The van der Waals surface area contributed by atoms with Crippen LogP contribution < -0.4 is 0 Å². The van der Waals surface area contributed by atoms with Crippen LogP contribution in [-0.2, 0) is 28.6 Å². The smallest absolute Gasteiger partial charge is 0.306 e. The summed E-state index contributed by atoms with van der Waals surface area (Å²) in [6, 6.07) is 0. The van der Waals surface area contributed by atoms with Gasteiger partial charge in [0.1, 0.15) is 13.2 Å². The number of rotatable bonds is 67. The van der Waals surface area contributed by atoms with Gasteiger partial charge in [-0.3, -0.25) is 14.4 Å². The summed E-state index contributed by atoms with van der Waals surface area (Å²) in [5.74, 6) is -0.839. The quantitative estimate of drug-likeness (QED) is 0.0261. The fraction of sp³-hybridized carbons (Fsp3) is 0.878. The van der Waals surface area contributed by atoms with Crippen LogP contribution in [0.4, 0.5) is 0 Å². The van der Waals surface area contributed by atoms with Gasteiger partial charge >= 0.3 is 17.9 Å². The van der Waals surface area contributed by atoms with E-state index in [4.69, 9.17) is 14.2 Å². The van der Waals surface area contributed by atoms with E-state index < -0.39 is 6.10 Å². The van der Waals surface area contributed by atoms with E-state index in [9.17, 15) is 14.4 Å². The van der Waals surface area contributed by atoms with E-state index >= 15 is 0 Å². The zero-order valence-corrected chi connectivity index (χ0v) is 54.1. The lowest BCUT2D eigenvalue weighted by Gasteiger charge is -2.18. The second-order valence-electron chi connectivity index (χ2n) is 24.5. The summed E-state index contributed by atoms with van der Waals surface area (Å²) in [4.78, 5) is 38.4. The highest BCUT2D eigenvalue weighted by Crippen LogP contribution is 2.19. The molecule has 0 rings (SSSR count). The van der Waals surface area contributed by atoms with E-state index in [1.807, 2.05) is 0 Å². The Morgan fingerprint density at radius 2 is 0.450 bits per heavy atom. The number of ether oxygens (including phenoxy) is 3. The Morgan fingerprint density at radius 1 is 0.250 bits per heavy atom. The molecule has 0 heterocycles. The van der Waals surface area contributed by atoms with Crippen LogP contribution in [0.25, 0.3) is 0 Å². The molecular weight excluding hydrogens is 985 g/mol. The molecule has 0 aromatic rings. The highest BCUT2D eigenvalue weighted by atomic mass is 16.6. The highest BCUT2D eigenvalue weighted by Gasteiger charge is 2.19. The topological polar surface area (TPSA) is 78.9 Å². The maximum absolute atomic E-state index is 12.9. The van der Waals surface area contributed by atoms with Crippen LogP contribution in [0.15, 0.2) is 36.5 Å². The first-order valence-corrected chi connectivity index (χ1v) is 36.0. The summed E-state index contributed by atoms with van der Waals surface area (Å²) in [6.45, 7) is 6.70. The molecule has 0 saturated carbocycles. The van der Waals surface area contributed by atoms with Crippen LogP contribution >= 0.6 is 0 Å². The van der Waals surface area contributed by atoms with Gasteiger partial charge in [0, 0.05) is 19.3 Å². The van der Waals surface area contributed by atoms with Gasteiger partial charge in [0.05, 0.1) is 0 Å². The molecule has 6 nitrogen and oxygen atoms in total. The summed E-state index contributed by atoms with van der Waals surface area (Å²) in [5.41, 5.74) is 0. The zero-order valence-electron chi connectivity index (χ0n) is 54.1. The zero-order chi connectivity index (χ0) is 57.8. The number of carbonyl (C=O) groups excluding carboxylic acids is 3. The van der Waals surface area contributed by atoms with Gasteiger partial charge in [0.15, 0.2) is 6.10 Å². The van der Waals surface area contributed by atoms with Crippen molar-refractivity contribution in [1.29, 1.82) is 0 Å². The first kappa shape index (κ1) is 77.6. The number of hydrogen-bond donors (Lipinski definition) is 0.